The molecule has 1 heterocycles. The molecule has 1 N–H and O–H groups in total. The first-order valence-corrected chi connectivity index (χ1v) is 6.45. The molecular weight excluding hydrogens is 256 g/mol. The molecule has 0 spiro atoms. The van der Waals surface area contributed by atoms with E-state index in [2.05, 4.69) is 10.3 Å². The average Bonchev–Trinajstić information content (AvgIpc) is 2.77. The third-order valence-corrected chi connectivity index (χ3v) is 2.97. The van der Waals surface area contributed by atoms with Crippen LogP contribution in [-0.4, -0.2) is 24.5 Å². The van der Waals surface area contributed by atoms with Crippen LogP contribution in [0.5, 0.6) is 5.75 Å². The van der Waals surface area contributed by atoms with Crippen LogP contribution < -0.4 is 10.1 Å². The second kappa shape index (κ2) is 6.23. The van der Waals surface area contributed by atoms with Crippen LogP contribution in [0.4, 0.5) is 0 Å². The number of benzene rings is 1. The summed E-state index contributed by atoms with van der Waals surface area (Å²) >= 11 is 0. The first kappa shape index (κ1) is 14.1. The standard InChI is InChI=1S/C15H18N2O3/c1-10-14(20-11(2)17-10)7-8-16-15(18)12-5-4-6-13(9-12)19-3/h4-6,9H,7-8H2,1-3H3,(H,16,18). The molecule has 0 aliphatic rings. The highest BCUT2D eigenvalue weighted by molar-refractivity contribution is 5.94. The van der Waals surface area contributed by atoms with E-state index in [0.29, 0.717) is 30.2 Å². The van der Waals surface area contributed by atoms with Gasteiger partial charge in [0.25, 0.3) is 5.91 Å². The maximum Gasteiger partial charge on any atom is 0.251 e. The zero-order valence-corrected chi connectivity index (χ0v) is 11.9. The van der Waals surface area contributed by atoms with Crippen molar-refractivity contribution in [3.8, 4) is 5.75 Å². The number of methoxy groups -OCH3 is 1. The second-order valence-electron chi connectivity index (χ2n) is 4.48. The highest BCUT2D eigenvalue weighted by atomic mass is 16.5. The summed E-state index contributed by atoms with van der Waals surface area (Å²) in [5.41, 5.74) is 1.45. The summed E-state index contributed by atoms with van der Waals surface area (Å²) in [6.45, 7) is 4.21. The van der Waals surface area contributed by atoms with Crippen LogP contribution >= 0.6 is 0 Å². The van der Waals surface area contributed by atoms with Crippen molar-refractivity contribution in [1.29, 1.82) is 0 Å². The van der Waals surface area contributed by atoms with Crippen molar-refractivity contribution in [2.75, 3.05) is 13.7 Å². The molecule has 0 unspecified atom stereocenters. The van der Waals surface area contributed by atoms with E-state index in [-0.39, 0.29) is 5.91 Å². The van der Waals surface area contributed by atoms with E-state index in [1.54, 1.807) is 31.4 Å². The molecule has 1 aromatic carbocycles. The van der Waals surface area contributed by atoms with Crippen LogP contribution in [0.15, 0.2) is 28.7 Å². The fraction of sp³-hybridized carbons (Fsp3) is 0.333. The molecule has 0 saturated carbocycles. The van der Waals surface area contributed by atoms with Gasteiger partial charge in [0, 0.05) is 25.5 Å². The van der Waals surface area contributed by atoms with Gasteiger partial charge in [-0.2, -0.15) is 0 Å². The Labute approximate surface area is 118 Å². The van der Waals surface area contributed by atoms with Gasteiger partial charge in [-0.1, -0.05) is 6.07 Å². The first-order valence-electron chi connectivity index (χ1n) is 6.45. The Bertz CT molecular complexity index is 605. The number of nitrogens with one attached hydrogen (secondary N) is 1. The van der Waals surface area contributed by atoms with E-state index in [1.807, 2.05) is 13.8 Å². The predicted molar refractivity (Wildman–Crippen MR) is 75.0 cm³/mol. The third-order valence-electron chi connectivity index (χ3n) is 2.97. The van der Waals surface area contributed by atoms with Crippen LogP contribution in [0, 0.1) is 13.8 Å². The number of hydrogen-bond donors (Lipinski definition) is 1. The molecule has 0 aliphatic heterocycles. The molecule has 2 rings (SSSR count). The number of aryl methyl sites for hydroxylation is 2. The molecule has 106 valence electrons. The van der Waals surface area contributed by atoms with Crippen LogP contribution in [0.3, 0.4) is 0 Å². The summed E-state index contributed by atoms with van der Waals surface area (Å²) in [4.78, 5) is 16.2. The van der Waals surface area contributed by atoms with E-state index < -0.39 is 0 Å². The molecular formula is C15H18N2O3. The van der Waals surface area contributed by atoms with E-state index in [9.17, 15) is 4.79 Å². The Balaban J connectivity index is 1.90. The summed E-state index contributed by atoms with van der Waals surface area (Å²) in [6, 6.07) is 7.05. The van der Waals surface area contributed by atoms with Crippen LogP contribution in [-0.2, 0) is 6.42 Å². The van der Waals surface area contributed by atoms with Gasteiger partial charge < -0.3 is 14.5 Å². The number of rotatable bonds is 5. The van der Waals surface area contributed by atoms with Gasteiger partial charge >= 0.3 is 0 Å². The SMILES string of the molecule is COc1cccc(C(=O)NCCc2oc(C)nc2C)c1. The molecule has 0 saturated heterocycles. The number of carbonyl (C=O) groups is 1. The molecule has 5 heteroatoms. The van der Waals surface area contributed by atoms with Crippen LogP contribution in [0.25, 0.3) is 0 Å². The number of hydrogen-bond acceptors (Lipinski definition) is 4. The summed E-state index contributed by atoms with van der Waals surface area (Å²) in [7, 11) is 1.58. The minimum Gasteiger partial charge on any atom is -0.497 e. The number of nitrogens with zero attached hydrogens (tertiary/aromatic N) is 1. The Kier molecular flexibility index (Phi) is 4.40. The third kappa shape index (κ3) is 3.38. The van der Waals surface area contributed by atoms with Crippen molar-refractivity contribution in [2.45, 2.75) is 20.3 Å². The number of oxazole rings is 1. The molecule has 5 nitrogen and oxygen atoms in total. The molecule has 1 aromatic heterocycles. The van der Waals surface area contributed by atoms with E-state index in [0.717, 1.165) is 11.5 Å². The lowest BCUT2D eigenvalue weighted by molar-refractivity contribution is 0.0953. The van der Waals surface area contributed by atoms with Crippen molar-refractivity contribution >= 4 is 5.91 Å². The molecule has 0 atom stereocenters. The summed E-state index contributed by atoms with van der Waals surface area (Å²) in [6.07, 6.45) is 0.627. The maximum atomic E-state index is 12.0. The highest BCUT2D eigenvalue weighted by Crippen LogP contribution is 2.12. The topological polar surface area (TPSA) is 64.4 Å². The monoisotopic (exact) mass is 274 g/mol. The molecule has 1 amide bonds. The summed E-state index contributed by atoms with van der Waals surface area (Å²) in [5.74, 6) is 2.00. The second-order valence-corrected chi connectivity index (χ2v) is 4.48. The number of ether oxygens (including phenoxy) is 1. The number of amides is 1. The fourth-order valence-electron chi connectivity index (χ4n) is 1.96. The fourth-order valence-corrected chi connectivity index (χ4v) is 1.96. The average molecular weight is 274 g/mol. The Morgan fingerprint density at radius 2 is 2.20 bits per heavy atom. The van der Waals surface area contributed by atoms with Crippen molar-refractivity contribution in [2.24, 2.45) is 0 Å². The van der Waals surface area contributed by atoms with Crippen LogP contribution in [0.1, 0.15) is 27.7 Å². The molecule has 2 aromatic rings. The van der Waals surface area contributed by atoms with Gasteiger partial charge in [-0.25, -0.2) is 4.98 Å². The zero-order chi connectivity index (χ0) is 14.5. The maximum absolute atomic E-state index is 12.0. The van der Waals surface area contributed by atoms with E-state index >= 15 is 0 Å². The van der Waals surface area contributed by atoms with Gasteiger partial charge in [0.2, 0.25) is 0 Å². The molecule has 0 bridgehead atoms. The Morgan fingerprint density at radius 1 is 1.40 bits per heavy atom. The summed E-state index contributed by atoms with van der Waals surface area (Å²) in [5, 5.41) is 2.85. The highest BCUT2D eigenvalue weighted by Gasteiger charge is 2.09. The molecule has 0 aliphatic carbocycles. The lowest BCUT2D eigenvalue weighted by Crippen LogP contribution is -2.25. The quantitative estimate of drug-likeness (QED) is 0.908. The van der Waals surface area contributed by atoms with Gasteiger partial charge in [-0.05, 0) is 25.1 Å². The minimum atomic E-state index is -0.127. The first-order chi connectivity index (χ1) is 9.60. The Morgan fingerprint density at radius 3 is 2.85 bits per heavy atom. The number of carbonyl (C=O) groups excluding carboxylic acids is 1. The van der Waals surface area contributed by atoms with E-state index in [1.165, 1.54) is 0 Å². The molecule has 0 radical (unpaired) electrons. The van der Waals surface area contributed by atoms with Crippen LogP contribution in [0.2, 0.25) is 0 Å². The zero-order valence-electron chi connectivity index (χ0n) is 11.9. The van der Waals surface area contributed by atoms with Crippen molar-refractivity contribution in [1.82, 2.24) is 10.3 Å². The molecule has 20 heavy (non-hydrogen) atoms. The minimum absolute atomic E-state index is 0.127. The van der Waals surface area contributed by atoms with Crippen molar-refractivity contribution in [3.05, 3.63) is 47.2 Å². The lowest BCUT2D eigenvalue weighted by atomic mass is 10.2. The normalized spacial score (nSPS) is 10.3. The van der Waals surface area contributed by atoms with Gasteiger partial charge in [0.15, 0.2) is 5.89 Å². The number of aromatic nitrogens is 1. The van der Waals surface area contributed by atoms with E-state index in [4.69, 9.17) is 9.15 Å². The van der Waals surface area contributed by atoms with Gasteiger partial charge in [-0.3, -0.25) is 4.79 Å². The predicted octanol–water partition coefficient (Wildman–Crippen LogP) is 2.27. The van der Waals surface area contributed by atoms with Gasteiger partial charge in [0.1, 0.15) is 11.5 Å². The Hall–Kier alpha value is -2.30. The summed E-state index contributed by atoms with van der Waals surface area (Å²) < 4.78 is 10.5. The lowest BCUT2D eigenvalue weighted by Gasteiger charge is -2.06. The van der Waals surface area contributed by atoms with Crippen molar-refractivity contribution in [3.63, 3.8) is 0 Å². The smallest absolute Gasteiger partial charge is 0.251 e. The van der Waals surface area contributed by atoms with Gasteiger partial charge in [0.05, 0.1) is 12.8 Å². The largest absolute Gasteiger partial charge is 0.497 e. The van der Waals surface area contributed by atoms with Crippen molar-refractivity contribution < 1.29 is 13.9 Å². The van der Waals surface area contributed by atoms with Gasteiger partial charge in [-0.15, -0.1) is 0 Å². The molecule has 0 fully saturated rings.